The Morgan fingerprint density at radius 3 is 2.87 bits per heavy atom. The zero-order chi connectivity index (χ0) is 22.2. The number of aliphatic hydroxyl groups is 1. The maximum Gasteiger partial charge on any atom is 0.253 e. The maximum atomic E-state index is 12.8. The normalized spacial score (nSPS) is 19.1. The first-order valence-electron chi connectivity index (χ1n) is 10.5. The van der Waals surface area contributed by atoms with Crippen LogP contribution < -0.4 is 0 Å². The van der Waals surface area contributed by atoms with Crippen molar-refractivity contribution >= 4 is 11.8 Å². The Labute approximate surface area is 181 Å². The highest BCUT2D eigenvalue weighted by Gasteiger charge is 2.24. The molecule has 1 N–H and O–H groups in total. The minimum atomic E-state index is -0.317. The fourth-order valence-corrected chi connectivity index (χ4v) is 3.56. The molecule has 168 valence electrons. The van der Waals surface area contributed by atoms with E-state index in [1.165, 1.54) is 0 Å². The van der Waals surface area contributed by atoms with Gasteiger partial charge in [-0.15, -0.1) is 5.10 Å². The van der Waals surface area contributed by atoms with Crippen LogP contribution in [0.25, 0.3) is 0 Å². The minimum Gasteiger partial charge on any atom is -0.394 e. The molecular formula is C21H30N6O4. The molecule has 0 saturated heterocycles. The molecule has 0 radical (unpaired) electrons. The lowest BCUT2D eigenvalue weighted by Gasteiger charge is -2.31. The van der Waals surface area contributed by atoms with Gasteiger partial charge in [0.25, 0.3) is 5.91 Å². The van der Waals surface area contributed by atoms with Gasteiger partial charge < -0.3 is 19.6 Å². The van der Waals surface area contributed by atoms with E-state index in [9.17, 15) is 14.7 Å². The van der Waals surface area contributed by atoms with Crippen LogP contribution in [-0.4, -0.2) is 85.6 Å². The van der Waals surface area contributed by atoms with Crippen LogP contribution >= 0.6 is 0 Å². The molecule has 3 rings (SSSR count). The van der Waals surface area contributed by atoms with Crippen molar-refractivity contribution < 1.29 is 19.4 Å². The van der Waals surface area contributed by atoms with Gasteiger partial charge in [0.1, 0.15) is 5.69 Å². The molecule has 2 atom stereocenters. The molecule has 0 aromatic carbocycles. The Kier molecular flexibility index (Phi) is 8.07. The molecule has 0 saturated carbocycles. The summed E-state index contributed by atoms with van der Waals surface area (Å²) in [5.74, 6) is -0.141. The van der Waals surface area contributed by atoms with Crippen molar-refractivity contribution in [2.24, 2.45) is 0 Å². The molecular weight excluding hydrogens is 400 g/mol. The number of hydrogen-bond acceptors (Lipinski definition) is 7. The predicted molar refractivity (Wildman–Crippen MR) is 112 cm³/mol. The van der Waals surface area contributed by atoms with Crippen LogP contribution in [0.2, 0.25) is 0 Å². The number of ether oxygens (including phenoxy) is 1. The molecule has 0 aliphatic carbocycles. The average molecular weight is 431 g/mol. The van der Waals surface area contributed by atoms with Crippen LogP contribution in [-0.2, 0) is 22.7 Å². The van der Waals surface area contributed by atoms with Gasteiger partial charge in [0.15, 0.2) is 0 Å². The summed E-state index contributed by atoms with van der Waals surface area (Å²) < 4.78 is 7.79. The predicted octanol–water partition coefficient (Wildman–Crippen LogP) is 0.724. The quantitative estimate of drug-likeness (QED) is 0.744. The molecule has 2 aromatic heterocycles. The maximum absolute atomic E-state index is 12.8. The summed E-state index contributed by atoms with van der Waals surface area (Å²) >= 11 is 0. The Hall–Kier alpha value is -2.85. The first-order chi connectivity index (χ1) is 15.0. The third kappa shape index (κ3) is 6.31. The molecule has 1 aliphatic heterocycles. The second-order valence-corrected chi connectivity index (χ2v) is 7.84. The molecule has 0 spiro atoms. The van der Waals surface area contributed by atoms with Crippen molar-refractivity contribution in [3.63, 3.8) is 0 Å². The number of hydrogen-bond donors (Lipinski definition) is 1. The molecule has 31 heavy (non-hydrogen) atoms. The number of carbonyl (C=O) groups is 2. The molecule has 3 heterocycles. The van der Waals surface area contributed by atoms with Gasteiger partial charge in [0.2, 0.25) is 5.91 Å². The summed E-state index contributed by atoms with van der Waals surface area (Å²) in [5, 5.41) is 17.8. The van der Waals surface area contributed by atoms with Gasteiger partial charge in [0.05, 0.1) is 31.6 Å². The third-order valence-corrected chi connectivity index (χ3v) is 5.39. The second-order valence-electron chi connectivity index (χ2n) is 7.84. The Balaban J connectivity index is 1.74. The Morgan fingerprint density at radius 1 is 1.35 bits per heavy atom. The third-order valence-electron chi connectivity index (χ3n) is 5.39. The summed E-state index contributed by atoms with van der Waals surface area (Å²) in [6.45, 7) is 3.37. The second kappa shape index (κ2) is 11.0. The van der Waals surface area contributed by atoms with Crippen molar-refractivity contribution in [2.75, 3.05) is 26.7 Å². The molecule has 2 amide bonds. The summed E-state index contributed by atoms with van der Waals surface area (Å²) in [5.41, 5.74) is 1.26. The van der Waals surface area contributed by atoms with E-state index in [-0.39, 0.29) is 37.2 Å². The van der Waals surface area contributed by atoms with Gasteiger partial charge >= 0.3 is 0 Å². The minimum absolute atomic E-state index is 0.0129. The van der Waals surface area contributed by atoms with E-state index >= 15 is 0 Å². The van der Waals surface area contributed by atoms with Crippen molar-refractivity contribution in [2.45, 2.75) is 51.5 Å². The smallest absolute Gasteiger partial charge is 0.253 e. The Morgan fingerprint density at radius 2 is 2.13 bits per heavy atom. The SMILES string of the molecule is C[C@@H](CO)N1CC[C@H](CN(C)C(=O)c2ccncc2)OCc2cn(nn2)CCCC1=O. The largest absolute Gasteiger partial charge is 0.394 e. The summed E-state index contributed by atoms with van der Waals surface area (Å²) in [6, 6.07) is 3.06. The van der Waals surface area contributed by atoms with Gasteiger partial charge in [0, 0.05) is 51.1 Å². The average Bonchev–Trinajstić information content (AvgIpc) is 3.24. The van der Waals surface area contributed by atoms with E-state index in [1.54, 1.807) is 46.1 Å². The number of aryl methyl sites for hydroxylation is 1. The molecule has 10 nitrogen and oxygen atoms in total. The Bertz CT molecular complexity index is 859. The van der Waals surface area contributed by atoms with Crippen LogP contribution in [0.1, 0.15) is 42.2 Å². The first kappa shape index (κ1) is 22.8. The highest BCUT2D eigenvalue weighted by Crippen LogP contribution is 2.13. The summed E-state index contributed by atoms with van der Waals surface area (Å²) in [4.78, 5) is 32.7. The van der Waals surface area contributed by atoms with E-state index < -0.39 is 0 Å². The van der Waals surface area contributed by atoms with Gasteiger partial charge in [-0.25, -0.2) is 0 Å². The van der Waals surface area contributed by atoms with E-state index in [4.69, 9.17) is 4.74 Å². The van der Waals surface area contributed by atoms with Crippen molar-refractivity contribution in [3.8, 4) is 0 Å². The first-order valence-corrected chi connectivity index (χ1v) is 10.5. The zero-order valence-electron chi connectivity index (χ0n) is 18.1. The molecule has 1 aliphatic rings. The van der Waals surface area contributed by atoms with Crippen LogP contribution in [0, 0.1) is 0 Å². The number of nitrogens with zero attached hydrogens (tertiary/aromatic N) is 6. The summed E-state index contributed by atoms with van der Waals surface area (Å²) in [6.07, 6.45) is 6.20. The lowest BCUT2D eigenvalue weighted by atomic mass is 10.1. The van der Waals surface area contributed by atoms with Crippen molar-refractivity contribution in [3.05, 3.63) is 42.0 Å². The van der Waals surface area contributed by atoms with E-state index in [1.807, 2.05) is 13.1 Å². The molecule has 10 heteroatoms. The van der Waals surface area contributed by atoms with Crippen LogP contribution in [0.4, 0.5) is 0 Å². The van der Waals surface area contributed by atoms with Gasteiger partial charge in [-0.05, 0) is 31.9 Å². The molecule has 2 aromatic rings. The van der Waals surface area contributed by atoms with E-state index in [0.29, 0.717) is 50.2 Å². The standard InChI is InChI=1S/C21H30N6O4/c1-16(14-28)27-11-7-19(13-25(2)21(30)17-5-8-22-9-6-17)31-15-18-12-26(24-23-18)10-3-4-20(27)29/h5-6,8-9,12,16,19,28H,3-4,7,10-11,13-15H2,1-2H3/t16-,19+/m0/s1. The van der Waals surface area contributed by atoms with Crippen LogP contribution in [0.3, 0.4) is 0 Å². The van der Waals surface area contributed by atoms with Gasteiger partial charge in [-0.3, -0.25) is 19.3 Å². The zero-order valence-corrected chi connectivity index (χ0v) is 18.1. The van der Waals surface area contributed by atoms with Crippen LogP contribution in [0.15, 0.2) is 30.7 Å². The number of pyridine rings is 1. The van der Waals surface area contributed by atoms with E-state index in [2.05, 4.69) is 15.3 Å². The lowest BCUT2D eigenvalue weighted by molar-refractivity contribution is -0.134. The van der Waals surface area contributed by atoms with Gasteiger partial charge in [-0.1, -0.05) is 5.21 Å². The number of aromatic nitrogens is 4. The number of aliphatic hydroxyl groups excluding tert-OH is 1. The number of fused-ring (bicyclic) bond motifs is 2. The number of rotatable bonds is 5. The molecule has 2 bridgehead atoms. The number of carbonyl (C=O) groups excluding carboxylic acids is 2. The number of amides is 2. The monoisotopic (exact) mass is 430 g/mol. The van der Waals surface area contributed by atoms with Crippen molar-refractivity contribution in [1.82, 2.24) is 29.8 Å². The molecule has 0 unspecified atom stereocenters. The highest BCUT2D eigenvalue weighted by atomic mass is 16.5. The lowest BCUT2D eigenvalue weighted by Crippen LogP contribution is -2.44. The molecule has 0 fully saturated rings. The fourth-order valence-electron chi connectivity index (χ4n) is 3.56. The summed E-state index contributed by atoms with van der Waals surface area (Å²) in [7, 11) is 1.73. The van der Waals surface area contributed by atoms with E-state index in [0.717, 1.165) is 0 Å². The number of likely N-dealkylation sites (N-methyl/N-ethyl adjacent to an activating group) is 1. The topological polar surface area (TPSA) is 114 Å². The van der Waals surface area contributed by atoms with Crippen LogP contribution in [0.5, 0.6) is 0 Å². The van der Waals surface area contributed by atoms with Gasteiger partial charge in [-0.2, -0.15) is 0 Å². The highest BCUT2D eigenvalue weighted by molar-refractivity contribution is 5.93. The van der Waals surface area contributed by atoms with Crippen molar-refractivity contribution in [1.29, 1.82) is 0 Å². The fraction of sp³-hybridized carbons (Fsp3) is 0.571.